The van der Waals surface area contributed by atoms with Gasteiger partial charge in [0.05, 0.1) is 5.69 Å². The Labute approximate surface area is 119 Å². The average Bonchev–Trinajstić information content (AvgIpc) is 2.38. The van der Waals surface area contributed by atoms with Gasteiger partial charge in [-0.05, 0) is 30.3 Å². The van der Waals surface area contributed by atoms with Crippen molar-refractivity contribution < 1.29 is 22.7 Å². The summed E-state index contributed by atoms with van der Waals surface area (Å²) in [6.45, 7) is 0.661. The maximum Gasteiger partial charge on any atom is 0.417 e. The number of carbonyl (C=O) groups is 1. The van der Waals surface area contributed by atoms with Crippen LogP contribution in [0.2, 0.25) is 0 Å². The summed E-state index contributed by atoms with van der Waals surface area (Å²) in [5, 5.41) is 2.13. The topological polar surface area (TPSA) is 38.3 Å². The number of nitrogens with one attached hydrogen (secondary N) is 1. The molecule has 0 bridgehead atoms. The number of rotatable bonds is 3. The zero-order valence-electron chi connectivity index (χ0n) is 11.1. The highest BCUT2D eigenvalue weighted by Crippen LogP contribution is 2.33. The van der Waals surface area contributed by atoms with Gasteiger partial charge in [0.25, 0.3) is 5.92 Å². The van der Waals surface area contributed by atoms with Crippen molar-refractivity contribution in [2.45, 2.75) is 12.8 Å². The molecule has 2 rings (SSSR count). The maximum absolute atomic E-state index is 13.4. The number of halogens is 3. The number of ether oxygens (including phenoxy) is 1. The molecule has 110 valence electrons. The van der Waals surface area contributed by atoms with E-state index in [9.17, 15) is 18.0 Å². The van der Waals surface area contributed by atoms with Crippen LogP contribution in [-0.2, 0) is 5.92 Å². The van der Waals surface area contributed by atoms with Gasteiger partial charge in [-0.25, -0.2) is 18.0 Å². The van der Waals surface area contributed by atoms with Crippen LogP contribution in [0.5, 0.6) is 5.75 Å². The summed E-state index contributed by atoms with van der Waals surface area (Å²) in [6, 6.07) is 10.7. The minimum absolute atomic E-state index is 0.246. The lowest BCUT2D eigenvalue weighted by Crippen LogP contribution is -2.20. The molecule has 0 unspecified atom stereocenters. The van der Waals surface area contributed by atoms with Gasteiger partial charge in [-0.3, -0.25) is 5.32 Å². The van der Waals surface area contributed by atoms with Crippen LogP contribution in [0.1, 0.15) is 12.5 Å². The second-order valence-electron chi connectivity index (χ2n) is 4.41. The van der Waals surface area contributed by atoms with Crippen molar-refractivity contribution in [3.05, 3.63) is 59.9 Å². The van der Waals surface area contributed by atoms with Crippen LogP contribution in [0.3, 0.4) is 0 Å². The van der Waals surface area contributed by atoms with E-state index in [1.807, 2.05) is 0 Å². The third kappa shape index (κ3) is 3.98. The third-order valence-electron chi connectivity index (χ3n) is 2.65. The number of carbonyl (C=O) groups excluding carboxylic acids is 1. The van der Waals surface area contributed by atoms with Crippen molar-refractivity contribution in [2.24, 2.45) is 0 Å². The van der Waals surface area contributed by atoms with Crippen molar-refractivity contribution >= 4 is 11.8 Å². The lowest BCUT2D eigenvalue weighted by atomic mass is 10.1. The summed E-state index contributed by atoms with van der Waals surface area (Å²) < 4.78 is 44.9. The molecule has 0 aliphatic rings. The summed E-state index contributed by atoms with van der Waals surface area (Å²) in [5.74, 6) is -3.71. The lowest BCUT2D eigenvalue weighted by Gasteiger charge is -2.16. The van der Waals surface area contributed by atoms with Gasteiger partial charge in [0.2, 0.25) is 0 Å². The molecule has 0 saturated heterocycles. The quantitative estimate of drug-likeness (QED) is 0.902. The molecular weight excluding hydrogens is 283 g/mol. The second-order valence-corrected chi connectivity index (χ2v) is 4.41. The molecule has 0 atom stereocenters. The molecule has 0 saturated carbocycles. The van der Waals surface area contributed by atoms with Gasteiger partial charge in [0.1, 0.15) is 11.6 Å². The first kappa shape index (κ1) is 14.9. The predicted molar refractivity (Wildman–Crippen MR) is 72.1 cm³/mol. The van der Waals surface area contributed by atoms with E-state index in [2.05, 4.69) is 5.32 Å². The largest absolute Gasteiger partial charge is 0.417 e. The smallest absolute Gasteiger partial charge is 0.410 e. The highest BCUT2D eigenvalue weighted by molar-refractivity contribution is 5.87. The Morgan fingerprint density at radius 1 is 1.14 bits per heavy atom. The molecular formula is C15H12F3NO2. The van der Waals surface area contributed by atoms with E-state index in [0.29, 0.717) is 6.92 Å². The lowest BCUT2D eigenvalue weighted by molar-refractivity contribution is 0.0182. The summed E-state index contributed by atoms with van der Waals surface area (Å²) in [7, 11) is 0. The first-order valence-corrected chi connectivity index (χ1v) is 6.08. The summed E-state index contributed by atoms with van der Waals surface area (Å²) in [5.41, 5.74) is -0.822. The number of para-hydroxylation sites is 1. The standard InChI is InChI=1S/C15H12F3NO2/c1-15(17,18)12-8-7-10(16)9-13(12)19-14(20)21-11-5-3-2-4-6-11/h2-9H,1H3,(H,19,20). The Hall–Kier alpha value is -2.50. The van der Waals surface area contributed by atoms with Crippen LogP contribution in [0, 0.1) is 5.82 Å². The Kier molecular flexibility index (Phi) is 4.16. The van der Waals surface area contributed by atoms with Gasteiger partial charge in [-0.2, -0.15) is 0 Å². The minimum Gasteiger partial charge on any atom is -0.410 e. The Morgan fingerprint density at radius 2 is 1.81 bits per heavy atom. The number of benzene rings is 2. The highest BCUT2D eigenvalue weighted by atomic mass is 19.3. The van der Waals surface area contributed by atoms with Crippen LogP contribution in [0.25, 0.3) is 0 Å². The van der Waals surface area contributed by atoms with E-state index in [0.717, 1.165) is 18.2 Å². The molecule has 6 heteroatoms. The number of hydrogen-bond donors (Lipinski definition) is 1. The molecule has 0 spiro atoms. The van der Waals surface area contributed by atoms with Crippen LogP contribution in [0.15, 0.2) is 48.5 Å². The first-order valence-electron chi connectivity index (χ1n) is 6.08. The normalized spacial score (nSPS) is 11.0. The molecule has 0 heterocycles. The third-order valence-corrected chi connectivity index (χ3v) is 2.65. The fourth-order valence-electron chi connectivity index (χ4n) is 1.73. The van der Waals surface area contributed by atoms with Crippen LogP contribution >= 0.6 is 0 Å². The zero-order chi connectivity index (χ0) is 15.5. The number of anilines is 1. The van der Waals surface area contributed by atoms with Crippen molar-refractivity contribution in [3.8, 4) is 5.75 Å². The molecule has 21 heavy (non-hydrogen) atoms. The number of amides is 1. The van der Waals surface area contributed by atoms with Gasteiger partial charge in [0.15, 0.2) is 0 Å². The molecule has 1 N–H and O–H groups in total. The SMILES string of the molecule is CC(F)(F)c1ccc(F)cc1NC(=O)Oc1ccccc1. The second kappa shape index (κ2) is 5.87. The monoisotopic (exact) mass is 295 g/mol. The molecule has 0 aliphatic heterocycles. The molecule has 1 amide bonds. The first-order chi connectivity index (χ1) is 9.86. The maximum atomic E-state index is 13.4. The Morgan fingerprint density at radius 3 is 2.43 bits per heavy atom. The molecule has 0 fully saturated rings. The number of hydrogen-bond acceptors (Lipinski definition) is 2. The molecule has 0 radical (unpaired) electrons. The van der Waals surface area contributed by atoms with Gasteiger partial charge < -0.3 is 4.74 Å². The van der Waals surface area contributed by atoms with Crippen molar-refractivity contribution in [3.63, 3.8) is 0 Å². The molecule has 3 nitrogen and oxygen atoms in total. The molecule has 2 aromatic carbocycles. The summed E-state index contributed by atoms with van der Waals surface area (Å²) in [4.78, 5) is 11.7. The van der Waals surface area contributed by atoms with Crippen LogP contribution < -0.4 is 10.1 Å². The Bertz CT molecular complexity index is 639. The molecule has 0 aliphatic carbocycles. The van der Waals surface area contributed by atoms with Gasteiger partial charge in [-0.1, -0.05) is 18.2 Å². The fraction of sp³-hybridized carbons (Fsp3) is 0.133. The van der Waals surface area contributed by atoms with Gasteiger partial charge in [0, 0.05) is 12.5 Å². The van der Waals surface area contributed by atoms with Crippen molar-refractivity contribution in [1.29, 1.82) is 0 Å². The highest BCUT2D eigenvalue weighted by Gasteiger charge is 2.28. The van der Waals surface area contributed by atoms with Gasteiger partial charge in [-0.15, -0.1) is 0 Å². The Balaban J connectivity index is 2.19. The van der Waals surface area contributed by atoms with Crippen molar-refractivity contribution in [2.75, 3.05) is 5.32 Å². The van der Waals surface area contributed by atoms with E-state index >= 15 is 0 Å². The van der Waals surface area contributed by atoms with E-state index < -0.39 is 23.4 Å². The number of alkyl halides is 2. The zero-order valence-corrected chi connectivity index (χ0v) is 11.1. The van der Waals surface area contributed by atoms with E-state index in [1.54, 1.807) is 18.2 Å². The van der Waals surface area contributed by atoms with E-state index in [4.69, 9.17) is 4.74 Å². The van der Waals surface area contributed by atoms with Crippen molar-refractivity contribution in [1.82, 2.24) is 0 Å². The summed E-state index contributed by atoms with van der Waals surface area (Å²) >= 11 is 0. The van der Waals surface area contributed by atoms with Crippen LogP contribution in [0.4, 0.5) is 23.7 Å². The fourth-order valence-corrected chi connectivity index (χ4v) is 1.73. The predicted octanol–water partition coefficient (Wildman–Crippen LogP) is 4.55. The van der Waals surface area contributed by atoms with Gasteiger partial charge >= 0.3 is 6.09 Å². The molecule has 0 aromatic heterocycles. The molecule has 2 aromatic rings. The van der Waals surface area contributed by atoms with Crippen LogP contribution in [-0.4, -0.2) is 6.09 Å². The van der Waals surface area contributed by atoms with E-state index in [1.165, 1.54) is 12.1 Å². The minimum atomic E-state index is -3.22. The summed E-state index contributed by atoms with van der Waals surface area (Å²) in [6.07, 6.45) is -0.975. The average molecular weight is 295 g/mol. The van der Waals surface area contributed by atoms with E-state index in [-0.39, 0.29) is 11.4 Å².